The minimum Gasteiger partial charge on any atom is -0.494 e. The van der Waals surface area contributed by atoms with Crippen molar-refractivity contribution in [3.8, 4) is 5.75 Å². The van der Waals surface area contributed by atoms with E-state index in [0.29, 0.717) is 6.04 Å². The lowest BCUT2D eigenvalue weighted by Crippen LogP contribution is -2.31. The highest BCUT2D eigenvalue weighted by Gasteiger charge is 2.23. The van der Waals surface area contributed by atoms with Crippen molar-refractivity contribution in [1.29, 1.82) is 0 Å². The van der Waals surface area contributed by atoms with E-state index in [1.807, 2.05) is 0 Å². The van der Waals surface area contributed by atoms with Crippen LogP contribution in [0.15, 0.2) is 66.7 Å². The number of hydrogen-bond acceptors (Lipinski definition) is 3. The smallest absolute Gasteiger partial charge is 0.119 e. The van der Waals surface area contributed by atoms with Crippen LogP contribution in [0.3, 0.4) is 0 Å². The van der Waals surface area contributed by atoms with Crippen LogP contribution < -0.4 is 4.74 Å². The summed E-state index contributed by atoms with van der Waals surface area (Å²) in [6.07, 6.45) is 6.93. The maximum absolute atomic E-state index is 9.53. The molecule has 3 nitrogen and oxygen atoms in total. The molecule has 1 N–H and O–H groups in total. The average molecular weight is 404 g/mol. The number of likely N-dealkylation sites (tertiary alicyclic amines) is 1. The number of aliphatic hydroxyl groups is 1. The molecule has 1 atom stereocenters. The number of aryl methyl sites for hydroxylation is 1. The average Bonchev–Trinajstić information content (AvgIpc) is 3.24. The Balaban J connectivity index is 1.24. The van der Waals surface area contributed by atoms with Crippen LogP contribution in [0, 0.1) is 0 Å². The lowest BCUT2D eigenvalue weighted by Gasteiger charge is -2.22. The van der Waals surface area contributed by atoms with Gasteiger partial charge in [-0.3, -0.25) is 4.90 Å². The summed E-state index contributed by atoms with van der Waals surface area (Å²) in [7, 11) is 0. The van der Waals surface area contributed by atoms with E-state index < -0.39 is 0 Å². The molecule has 4 rings (SSSR count). The minimum atomic E-state index is 0.264. The molecule has 1 aliphatic heterocycles. The molecule has 30 heavy (non-hydrogen) atoms. The predicted octanol–water partition coefficient (Wildman–Crippen LogP) is 5.59. The molecule has 1 aliphatic rings. The molecule has 0 saturated carbocycles. The predicted molar refractivity (Wildman–Crippen MR) is 124 cm³/mol. The van der Waals surface area contributed by atoms with Gasteiger partial charge in [0.15, 0.2) is 0 Å². The maximum atomic E-state index is 9.53. The quantitative estimate of drug-likeness (QED) is 0.448. The van der Waals surface area contributed by atoms with Gasteiger partial charge >= 0.3 is 0 Å². The second kappa shape index (κ2) is 10.6. The Hall–Kier alpha value is -2.36. The molecule has 1 fully saturated rings. The number of fused-ring (bicyclic) bond motifs is 1. The third-order valence-electron chi connectivity index (χ3n) is 6.19. The summed E-state index contributed by atoms with van der Waals surface area (Å²) in [5.41, 5.74) is 2.74. The first kappa shape index (κ1) is 20.9. The number of unbranched alkanes of at least 4 members (excludes halogenated alkanes) is 2. The Morgan fingerprint density at radius 3 is 2.57 bits per heavy atom. The number of rotatable bonds is 10. The first-order valence-corrected chi connectivity index (χ1v) is 11.4. The Bertz CT molecular complexity index is 925. The molecule has 3 heteroatoms. The normalized spacial score (nSPS) is 16.9. The molecule has 0 aliphatic carbocycles. The van der Waals surface area contributed by atoms with Gasteiger partial charge in [-0.1, -0.05) is 48.5 Å². The molecular formula is C27H33NO2. The molecule has 1 heterocycles. The topological polar surface area (TPSA) is 32.7 Å². The van der Waals surface area contributed by atoms with E-state index in [1.165, 1.54) is 41.2 Å². The SMILES string of the molecule is OC[C@@H]1CCCN1Cc1ccc2cc(OCCCCCc3ccccc3)ccc2c1. The van der Waals surface area contributed by atoms with Gasteiger partial charge in [0, 0.05) is 12.6 Å². The number of ether oxygens (including phenoxy) is 1. The van der Waals surface area contributed by atoms with E-state index >= 15 is 0 Å². The van der Waals surface area contributed by atoms with Gasteiger partial charge in [-0.05, 0) is 85.2 Å². The van der Waals surface area contributed by atoms with E-state index in [4.69, 9.17) is 4.74 Å². The van der Waals surface area contributed by atoms with Crippen LogP contribution in [0.5, 0.6) is 5.75 Å². The van der Waals surface area contributed by atoms with Gasteiger partial charge in [0.25, 0.3) is 0 Å². The maximum Gasteiger partial charge on any atom is 0.119 e. The van der Waals surface area contributed by atoms with Gasteiger partial charge in [0.1, 0.15) is 5.75 Å². The lowest BCUT2D eigenvalue weighted by molar-refractivity contribution is 0.153. The second-order valence-electron chi connectivity index (χ2n) is 8.44. The first-order valence-electron chi connectivity index (χ1n) is 11.4. The van der Waals surface area contributed by atoms with Crippen LogP contribution in [0.2, 0.25) is 0 Å². The van der Waals surface area contributed by atoms with E-state index in [9.17, 15) is 5.11 Å². The van der Waals surface area contributed by atoms with Gasteiger partial charge < -0.3 is 9.84 Å². The zero-order chi connectivity index (χ0) is 20.6. The molecular weight excluding hydrogens is 370 g/mol. The fourth-order valence-electron chi connectivity index (χ4n) is 4.45. The molecule has 3 aromatic carbocycles. The first-order chi connectivity index (χ1) is 14.8. The van der Waals surface area contributed by atoms with Crippen molar-refractivity contribution in [3.63, 3.8) is 0 Å². The van der Waals surface area contributed by atoms with E-state index in [1.54, 1.807) is 0 Å². The van der Waals surface area contributed by atoms with Gasteiger partial charge in [-0.25, -0.2) is 0 Å². The molecule has 0 amide bonds. The molecule has 1 saturated heterocycles. The number of nitrogens with zero attached hydrogens (tertiary/aromatic N) is 1. The fraction of sp³-hybridized carbons (Fsp3) is 0.407. The van der Waals surface area contributed by atoms with E-state index in [-0.39, 0.29) is 6.61 Å². The molecule has 0 aromatic heterocycles. The summed E-state index contributed by atoms with van der Waals surface area (Å²) in [5, 5.41) is 12.0. The monoisotopic (exact) mass is 403 g/mol. The van der Waals surface area contributed by atoms with Crippen molar-refractivity contribution >= 4 is 10.8 Å². The van der Waals surface area contributed by atoms with Crippen LogP contribution in [0.1, 0.15) is 43.2 Å². The van der Waals surface area contributed by atoms with Crippen LogP contribution in [0.25, 0.3) is 10.8 Å². The Morgan fingerprint density at radius 1 is 0.867 bits per heavy atom. The van der Waals surface area contributed by atoms with Gasteiger partial charge in [-0.15, -0.1) is 0 Å². The highest BCUT2D eigenvalue weighted by atomic mass is 16.5. The van der Waals surface area contributed by atoms with Crippen LogP contribution >= 0.6 is 0 Å². The standard InChI is InChI=1S/C27H33NO2/c29-21-26-11-7-16-28(26)20-23-12-13-25-19-27(15-14-24(25)18-23)30-17-6-2-5-10-22-8-3-1-4-9-22/h1,3-4,8-9,12-15,18-19,26,29H,2,5-7,10-11,16-17,20-21H2/t26-/m0/s1. The lowest BCUT2D eigenvalue weighted by atomic mass is 10.1. The zero-order valence-corrected chi connectivity index (χ0v) is 17.8. The summed E-state index contributed by atoms with van der Waals surface area (Å²) in [5.74, 6) is 0.957. The van der Waals surface area contributed by atoms with Crippen LogP contribution in [-0.2, 0) is 13.0 Å². The molecule has 0 unspecified atom stereocenters. The Morgan fingerprint density at radius 2 is 1.70 bits per heavy atom. The third kappa shape index (κ3) is 5.62. The largest absolute Gasteiger partial charge is 0.494 e. The summed E-state index contributed by atoms with van der Waals surface area (Å²) < 4.78 is 6.00. The number of aliphatic hydroxyl groups excluding tert-OH is 1. The minimum absolute atomic E-state index is 0.264. The summed E-state index contributed by atoms with van der Waals surface area (Å²) in [6.45, 7) is 3.04. The van der Waals surface area contributed by atoms with Crippen LogP contribution in [-0.4, -0.2) is 35.8 Å². The van der Waals surface area contributed by atoms with Gasteiger partial charge in [0.2, 0.25) is 0 Å². The number of benzene rings is 3. The summed E-state index contributed by atoms with van der Waals surface area (Å²) in [4.78, 5) is 2.40. The van der Waals surface area contributed by atoms with Crippen molar-refractivity contribution in [2.75, 3.05) is 19.8 Å². The molecule has 3 aromatic rings. The Kier molecular flexibility index (Phi) is 7.39. The molecule has 0 bridgehead atoms. The number of hydrogen-bond donors (Lipinski definition) is 1. The molecule has 0 spiro atoms. The molecule has 158 valence electrons. The highest BCUT2D eigenvalue weighted by Crippen LogP contribution is 2.25. The second-order valence-corrected chi connectivity index (χ2v) is 8.44. The Labute approximate surface area is 180 Å². The highest BCUT2D eigenvalue weighted by molar-refractivity contribution is 5.84. The van der Waals surface area contributed by atoms with Gasteiger partial charge in [0.05, 0.1) is 13.2 Å². The van der Waals surface area contributed by atoms with E-state index in [2.05, 4.69) is 71.6 Å². The van der Waals surface area contributed by atoms with Crippen molar-refractivity contribution in [2.45, 2.75) is 51.1 Å². The zero-order valence-electron chi connectivity index (χ0n) is 17.8. The van der Waals surface area contributed by atoms with Crippen LogP contribution in [0.4, 0.5) is 0 Å². The third-order valence-corrected chi connectivity index (χ3v) is 6.19. The van der Waals surface area contributed by atoms with Crippen molar-refractivity contribution < 1.29 is 9.84 Å². The van der Waals surface area contributed by atoms with Crippen molar-refractivity contribution in [1.82, 2.24) is 4.90 Å². The fourth-order valence-corrected chi connectivity index (χ4v) is 4.45. The van der Waals surface area contributed by atoms with Gasteiger partial charge in [-0.2, -0.15) is 0 Å². The van der Waals surface area contributed by atoms with Crippen molar-refractivity contribution in [2.24, 2.45) is 0 Å². The summed E-state index contributed by atoms with van der Waals surface area (Å²) >= 11 is 0. The van der Waals surface area contributed by atoms with E-state index in [0.717, 1.165) is 44.7 Å². The van der Waals surface area contributed by atoms with Crippen molar-refractivity contribution in [3.05, 3.63) is 77.9 Å². The summed E-state index contributed by atoms with van der Waals surface area (Å²) in [6, 6.07) is 24.1. The molecule has 0 radical (unpaired) electrons.